The standard InChI is InChI=1S/C17H24N2O2/c1-3-21-17(20)16(19)12-15(18)13(2)8-7-11-14-9-5-4-6-10-14/h4-6,9-10,12-13,19H,3,7-8,11,18H2,1-2H3/b15-12-,19-16?. The van der Waals surface area contributed by atoms with Gasteiger partial charge in [0.1, 0.15) is 5.71 Å². The third kappa shape index (κ3) is 6.25. The Hall–Kier alpha value is -2.10. The lowest BCUT2D eigenvalue weighted by Gasteiger charge is -2.12. The lowest BCUT2D eigenvalue weighted by Crippen LogP contribution is -2.18. The highest BCUT2D eigenvalue weighted by Gasteiger charge is 2.11. The van der Waals surface area contributed by atoms with Gasteiger partial charge in [-0.05, 0) is 43.7 Å². The van der Waals surface area contributed by atoms with Crippen LogP contribution in [-0.2, 0) is 16.0 Å². The molecule has 0 radical (unpaired) electrons. The fourth-order valence-electron chi connectivity index (χ4n) is 2.00. The SMILES string of the molecule is CCOC(=O)C(=N)/C=C(\N)C(C)CCCc1ccccc1. The molecular formula is C17H24N2O2. The summed E-state index contributed by atoms with van der Waals surface area (Å²) in [5.74, 6) is -0.486. The molecule has 1 aromatic carbocycles. The van der Waals surface area contributed by atoms with Crippen molar-refractivity contribution in [2.75, 3.05) is 6.61 Å². The first-order valence-electron chi connectivity index (χ1n) is 7.31. The van der Waals surface area contributed by atoms with Gasteiger partial charge in [0.15, 0.2) is 0 Å². The second-order valence-electron chi connectivity index (χ2n) is 5.06. The van der Waals surface area contributed by atoms with Gasteiger partial charge in [0.05, 0.1) is 6.61 Å². The zero-order valence-corrected chi connectivity index (χ0v) is 12.8. The molecule has 1 unspecified atom stereocenters. The van der Waals surface area contributed by atoms with Crippen LogP contribution in [0.15, 0.2) is 42.1 Å². The third-order valence-corrected chi connectivity index (χ3v) is 3.32. The van der Waals surface area contributed by atoms with E-state index in [1.54, 1.807) is 6.92 Å². The van der Waals surface area contributed by atoms with E-state index in [2.05, 4.69) is 12.1 Å². The summed E-state index contributed by atoms with van der Waals surface area (Å²) in [4.78, 5) is 11.4. The number of nitrogens with two attached hydrogens (primary N) is 1. The van der Waals surface area contributed by atoms with Gasteiger partial charge in [0.2, 0.25) is 0 Å². The molecule has 0 saturated carbocycles. The lowest BCUT2D eigenvalue weighted by atomic mass is 9.98. The largest absolute Gasteiger partial charge is 0.461 e. The first-order valence-corrected chi connectivity index (χ1v) is 7.31. The summed E-state index contributed by atoms with van der Waals surface area (Å²) in [5, 5.41) is 7.60. The number of rotatable bonds is 8. The number of hydrogen-bond donors (Lipinski definition) is 2. The lowest BCUT2D eigenvalue weighted by molar-refractivity contribution is -0.135. The van der Waals surface area contributed by atoms with Crippen LogP contribution in [0.25, 0.3) is 0 Å². The van der Waals surface area contributed by atoms with Gasteiger partial charge in [0, 0.05) is 5.70 Å². The van der Waals surface area contributed by atoms with E-state index in [9.17, 15) is 4.79 Å². The molecule has 0 aliphatic carbocycles. The Morgan fingerprint density at radius 3 is 2.67 bits per heavy atom. The van der Waals surface area contributed by atoms with E-state index < -0.39 is 5.97 Å². The van der Waals surface area contributed by atoms with Gasteiger partial charge in [-0.1, -0.05) is 37.3 Å². The summed E-state index contributed by atoms with van der Waals surface area (Å²) in [6.45, 7) is 3.99. The number of benzene rings is 1. The average molecular weight is 288 g/mol. The fraction of sp³-hybridized carbons (Fsp3) is 0.412. The van der Waals surface area contributed by atoms with Gasteiger partial charge in [0.25, 0.3) is 0 Å². The van der Waals surface area contributed by atoms with Crippen molar-refractivity contribution in [2.24, 2.45) is 11.7 Å². The summed E-state index contributed by atoms with van der Waals surface area (Å²) in [5.41, 5.74) is 7.62. The minimum atomic E-state index is -0.628. The zero-order valence-electron chi connectivity index (χ0n) is 12.8. The molecule has 4 heteroatoms. The Bertz CT molecular complexity index is 495. The Morgan fingerprint density at radius 1 is 1.38 bits per heavy atom. The second kappa shape index (κ2) is 8.95. The summed E-state index contributed by atoms with van der Waals surface area (Å²) >= 11 is 0. The fourth-order valence-corrected chi connectivity index (χ4v) is 2.00. The normalized spacial score (nSPS) is 12.8. The van der Waals surface area contributed by atoms with Gasteiger partial charge in [-0.25, -0.2) is 4.79 Å². The Kier molecular flexibility index (Phi) is 7.23. The van der Waals surface area contributed by atoms with Crippen LogP contribution in [0.5, 0.6) is 0 Å². The van der Waals surface area contributed by atoms with Crippen LogP contribution in [0.1, 0.15) is 32.3 Å². The van der Waals surface area contributed by atoms with Crippen molar-refractivity contribution in [1.82, 2.24) is 0 Å². The number of aryl methyl sites for hydroxylation is 1. The number of carbonyl (C=O) groups is 1. The Morgan fingerprint density at radius 2 is 2.05 bits per heavy atom. The summed E-state index contributed by atoms with van der Waals surface area (Å²) < 4.78 is 4.76. The number of ether oxygens (including phenoxy) is 1. The molecule has 1 rings (SSSR count). The van der Waals surface area contributed by atoms with Crippen molar-refractivity contribution < 1.29 is 9.53 Å². The highest BCUT2D eigenvalue weighted by Crippen LogP contribution is 2.15. The van der Waals surface area contributed by atoms with E-state index >= 15 is 0 Å². The van der Waals surface area contributed by atoms with Crippen molar-refractivity contribution in [2.45, 2.75) is 33.1 Å². The predicted molar refractivity (Wildman–Crippen MR) is 85.2 cm³/mol. The van der Waals surface area contributed by atoms with E-state index in [-0.39, 0.29) is 18.2 Å². The maximum absolute atomic E-state index is 11.4. The minimum absolute atomic E-state index is 0.142. The smallest absolute Gasteiger partial charge is 0.356 e. The van der Waals surface area contributed by atoms with Crippen molar-refractivity contribution >= 4 is 11.7 Å². The monoisotopic (exact) mass is 288 g/mol. The summed E-state index contributed by atoms with van der Waals surface area (Å²) in [7, 11) is 0. The molecule has 0 heterocycles. The van der Waals surface area contributed by atoms with Gasteiger partial charge in [-0.2, -0.15) is 0 Å². The maximum Gasteiger partial charge on any atom is 0.356 e. The molecule has 0 fully saturated rings. The van der Waals surface area contributed by atoms with Crippen LogP contribution in [-0.4, -0.2) is 18.3 Å². The van der Waals surface area contributed by atoms with Gasteiger partial charge in [-0.15, -0.1) is 0 Å². The molecule has 0 saturated heterocycles. The van der Waals surface area contributed by atoms with Crippen LogP contribution in [0.3, 0.4) is 0 Å². The van der Waals surface area contributed by atoms with Crippen molar-refractivity contribution in [1.29, 1.82) is 5.41 Å². The zero-order chi connectivity index (χ0) is 15.7. The molecule has 1 aromatic rings. The molecule has 0 aliphatic heterocycles. The number of esters is 1. The van der Waals surface area contributed by atoms with Gasteiger partial charge >= 0.3 is 5.97 Å². The first-order chi connectivity index (χ1) is 10.0. The molecule has 1 atom stereocenters. The topological polar surface area (TPSA) is 76.2 Å². The number of nitrogens with one attached hydrogen (secondary N) is 1. The van der Waals surface area contributed by atoms with Crippen molar-refractivity contribution in [3.63, 3.8) is 0 Å². The molecule has 0 bridgehead atoms. The van der Waals surface area contributed by atoms with Crippen LogP contribution < -0.4 is 5.73 Å². The number of hydrogen-bond acceptors (Lipinski definition) is 4. The van der Waals surface area contributed by atoms with Crippen LogP contribution in [0.2, 0.25) is 0 Å². The van der Waals surface area contributed by atoms with Crippen LogP contribution in [0, 0.1) is 11.3 Å². The number of carbonyl (C=O) groups excluding carboxylic acids is 1. The molecule has 114 valence electrons. The van der Waals surface area contributed by atoms with E-state index in [1.165, 1.54) is 11.6 Å². The molecule has 0 aliphatic rings. The van der Waals surface area contributed by atoms with E-state index in [0.29, 0.717) is 5.70 Å². The summed E-state index contributed by atoms with van der Waals surface area (Å²) in [6, 6.07) is 10.3. The van der Waals surface area contributed by atoms with Gasteiger partial charge in [-0.3, -0.25) is 5.41 Å². The van der Waals surface area contributed by atoms with E-state index in [4.69, 9.17) is 15.9 Å². The van der Waals surface area contributed by atoms with Crippen LogP contribution >= 0.6 is 0 Å². The molecule has 21 heavy (non-hydrogen) atoms. The minimum Gasteiger partial charge on any atom is -0.461 e. The second-order valence-corrected chi connectivity index (χ2v) is 5.06. The quantitative estimate of drug-likeness (QED) is 0.570. The Balaban J connectivity index is 2.41. The van der Waals surface area contributed by atoms with Gasteiger partial charge < -0.3 is 10.5 Å². The predicted octanol–water partition coefficient (Wildman–Crippen LogP) is 3.07. The first kappa shape index (κ1) is 17.0. The molecule has 3 N–H and O–H groups in total. The molecule has 0 amide bonds. The maximum atomic E-state index is 11.4. The summed E-state index contributed by atoms with van der Waals surface area (Å²) in [6.07, 6.45) is 4.36. The molecule has 0 aromatic heterocycles. The molecular weight excluding hydrogens is 264 g/mol. The highest BCUT2D eigenvalue weighted by molar-refractivity contribution is 6.39. The third-order valence-electron chi connectivity index (χ3n) is 3.32. The van der Waals surface area contributed by atoms with Crippen molar-refractivity contribution in [3.8, 4) is 0 Å². The van der Waals surface area contributed by atoms with Crippen LogP contribution in [0.4, 0.5) is 0 Å². The molecule has 0 spiro atoms. The molecule has 4 nitrogen and oxygen atoms in total. The number of allylic oxidation sites excluding steroid dienone is 1. The Labute approximate surface area is 126 Å². The van der Waals surface area contributed by atoms with E-state index in [0.717, 1.165) is 19.3 Å². The average Bonchev–Trinajstić information content (AvgIpc) is 2.48. The van der Waals surface area contributed by atoms with Crippen molar-refractivity contribution in [3.05, 3.63) is 47.7 Å². The van der Waals surface area contributed by atoms with E-state index in [1.807, 2.05) is 25.1 Å². The highest BCUT2D eigenvalue weighted by atomic mass is 16.5.